The molecule has 7 rings (SSSR count). The summed E-state index contributed by atoms with van der Waals surface area (Å²) >= 11 is 0. The van der Waals surface area contributed by atoms with Crippen LogP contribution in [0.15, 0.2) is 144 Å². The van der Waals surface area contributed by atoms with E-state index in [0.717, 1.165) is 11.8 Å². The van der Waals surface area contributed by atoms with Crippen molar-refractivity contribution in [3.63, 3.8) is 0 Å². The number of nitrogens with one attached hydrogen (secondary N) is 1. The van der Waals surface area contributed by atoms with Crippen molar-refractivity contribution < 1.29 is 53.5 Å². The summed E-state index contributed by atoms with van der Waals surface area (Å²) in [5.74, 6) is -0.291. The summed E-state index contributed by atoms with van der Waals surface area (Å²) in [6, 6.07) is 27.4. The van der Waals surface area contributed by atoms with Crippen molar-refractivity contribution >= 4 is 97.4 Å². The van der Waals surface area contributed by atoms with E-state index >= 15 is 0 Å². The Kier molecular flexibility index (Phi) is 14.0. The number of methoxy groups -OCH3 is 1. The van der Waals surface area contributed by atoms with E-state index in [2.05, 4.69) is 36.0 Å². The van der Waals surface area contributed by atoms with Crippen molar-refractivity contribution in [2.45, 2.75) is 43.9 Å². The number of rotatable bonds is 16. The second kappa shape index (κ2) is 19.6. The van der Waals surface area contributed by atoms with Gasteiger partial charge in [0.1, 0.15) is 27.0 Å². The number of phenolic OH excluding ortho intramolecular Hbond substituents is 1. The van der Waals surface area contributed by atoms with Crippen LogP contribution in [0.5, 0.6) is 17.2 Å². The van der Waals surface area contributed by atoms with Gasteiger partial charge in [-0.2, -0.15) is 50.8 Å². The van der Waals surface area contributed by atoms with Gasteiger partial charge in [0.15, 0.2) is 5.75 Å². The first-order valence-corrected chi connectivity index (χ1v) is 24.8. The van der Waals surface area contributed by atoms with Gasteiger partial charge in [0, 0.05) is 28.2 Å². The SMILES string of the molecule is COc1ccc(Nc2ccc3c(O)c(N=Nc4cc(C)c(N=Nc5cc(C)c(N=Nc6ccc7cc(OCCCS(=O)(=O)O)cc(S(=O)(=O)O)c7c6)cc5C)cc4C)c(S(=O)(=O)O)cc3c2)cc1. The molecule has 352 valence electrons. The third kappa shape index (κ3) is 11.7. The van der Waals surface area contributed by atoms with Gasteiger partial charge in [0.05, 0.1) is 47.9 Å². The number of aryl methyl sites for hydroxylation is 4. The van der Waals surface area contributed by atoms with Crippen LogP contribution in [0.3, 0.4) is 0 Å². The number of anilines is 2. The van der Waals surface area contributed by atoms with E-state index in [4.69, 9.17) is 14.0 Å². The molecule has 7 aromatic carbocycles. The van der Waals surface area contributed by atoms with Gasteiger partial charge in [-0.25, -0.2) is 0 Å². The van der Waals surface area contributed by atoms with Crippen molar-refractivity contribution in [2.75, 3.05) is 24.8 Å². The molecule has 0 aliphatic carbocycles. The first-order chi connectivity index (χ1) is 32.1. The first-order valence-electron chi connectivity index (χ1n) is 20.4. The molecule has 0 fully saturated rings. The highest BCUT2D eigenvalue weighted by Gasteiger charge is 2.23. The van der Waals surface area contributed by atoms with Crippen LogP contribution in [0.4, 0.5) is 45.5 Å². The topological polar surface area (TPSA) is 288 Å². The predicted molar refractivity (Wildman–Crippen MR) is 256 cm³/mol. The van der Waals surface area contributed by atoms with Gasteiger partial charge < -0.3 is 19.9 Å². The molecule has 0 aromatic heterocycles. The van der Waals surface area contributed by atoms with Crippen molar-refractivity contribution in [3.8, 4) is 17.2 Å². The molecule has 0 aliphatic heterocycles. The third-order valence-electron chi connectivity index (χ3n) is 10.5. The largest absolute Gasteiger partial charge is 0.505 e. The Bertz CT molecular complexity index is 3570. The zero-order valence-corrected chi connectivity index (χ0v) is 39.3. The Balaban J connectivity index is 1.08. The summed E-state index contributed by atoms with van der Waals surface area (Å²) in [6.07, 6.45) is -0.0492. The minimum atomic E-state index is -4.87. The van der Waals surface area contributed by atoms with Crippen molar-refractivity contribution in [1.29, 1.82) is 0 Å². The minimum absolute atomic E-state index is 0.0492. The zero-order chi connectivity index (χ0) is 49.1. The number of azo groups is 3. The molecular weight excluding hydrogens is 939 g/mol. The fourth-order valence-electron chi connectivity index (χ4n) is 6.96. The molecule has 5 N–H and O–H groups in total. The number of hydrogen-bond acceptors (Lipinski definition) is 16. The monoisotopic (exact) mass is 981 g/mol. The van der Waals surface area contributed by atoms with Gasteiger partial charge in [0.25, 0.3) is 30.4 Å². The number of ether oxygens (including phenoxy) is 2. The maximum atomic E-state index is 12.6. The van der Waals surface area contributed by atoms with E-state index in [0.29, 0.717) is 67.2 Å². The highest BCUT2D eigenvalue weighted by Crippen LogP contribution is 2.43. The fraction of sp³-hybridized carbons (Fsp3) is 0.174. The quantitative estimate of drug-likeness (QED) is 0.0342. The van der Waals surface area contributed by atoms with E-state index in [1.165, 1.54) is 18.2 Å². The van der Waals surface area contributed by atoms with Gasteiger partial charge in [-0.1, -0.05) is 6.07 Å². The highest BCUT2D eigenvalue weighted by molar-refractivity contribution is 7.86. The van der Waals surface area contributed by atoms with Gasteiger partial charge in [-0.05, 0) is 158 Å². The van der Waals surface area contributed by atoms with E-state index in [1.54, 1.807) is 107 Å². The zero-order valence-electron chi connectivity index (χ0n) is 36.9. The van der Waals surface area contributed by atoms with Gasteiger partial charge >= 0.3 is 0 Å². The number of aromatic hydroxyl groups is 1. The number of hydrogen-bond donors (Lipinski definition) is 5. The van der Waals surface area contributed by atoms with E-state index in [9.17, 15) is 39.5 Å². The van der Waals surface area contributed by atoms with E-state index in [-0.39, 0.29) is 35.2 Å². The maximum Gasteiger partial charge on any atom is 0.296 e. The normalized spacial score (nSPS) is 12.5. The summed E-state index contributed by atoms with van der Waals surface area (Å²) in [7, 11) is -12.2. The third-order valence-corrected chi connectivity index (χ3v) is 13.1. The van der Waals surface area contributed by atoms with Crippen LogP contribution in [0, 0.1) is 27.7 Å². The Hall–Kier alpha value is -7.21. The number of nitrogens with zero attached hydrogens (tertiary/aromatic N) is 6. The van der Waals surface area contributed by atoms with Crippen LogP contribution in [0.25, 0.3) is 21.5 Å². The predicted octanol–water partition coefficient (Wildman–Crippen LogP) is 12.1. The molecular formula is C46H43N7O12S3. The average Bonchev–Trinajstić information content (AvgIpc) is 3.27. The molecule has 22 heteroatoms. The Morgan fingerprint density at radius 2 is 1.07 bits per heavy atom. The summed E-state index contributed by atoms with van der Waals surface area (Å²) in [6.45, 7) is 7.00. The van der Waals surface area contributed by atoms with Crippen LogP contribution >= 0.6 is 0 Å². The molecule has 0 radical (unpaired) electrons. The molecule has 0 bridgehead atoms. The molecule has 0 unspecified atom stereocenters. The summed E-state index contributed by atoms with van der Waals surface area (Å²) in [4.78, 5) is -1.08. The van der Waals surface area contributed by atoms with Crippen LogP contribution in [-0.4, -0.2) is 63.5 Å². The average molecular weight is 982 g/mol. The molecule has 0 saturated carbocycles. The summed E-state index contributed by atoms with van der Waals surface area (Å²) in [5.41, 5.74) is 5.69. The van der Waals surface area contributed by atoms with Crippen LogP contribution in [0.2, 0.25) is 0 Å². The highest BCUT2D eigenvalue weighted by atomic mass is 32.2. The number of phenols is 1. The molecule has 0 atom stereocenters. The second-order valence-electron chi connectivity index (χ2n) is 15.6. The molecule has 7 aromatic rings. The summed E-state index contributed by atoms with van der Waals surface area (Å²) in [5, 5.41) is 41.6. The number of fused-ring (bicyclic) bond motifs is 2. The molecule has 0 heterocycles. The van der Waals surface area contributed by atoms with Crippen molar-refractivity contribution in [1.82, 2.24) is 0 Å². The molecule has 68 heavy (non-hydrogen) atoms. The molecule has 0 amide bonds. The molecule has 19 nitrogen and oxygen atoms in total. The van der Waals surface area contributed by atoms with Crippen molar-refractivity contribution in [2.24, 2.45) is 30.7 Å². The van der Waals surface area contributed by atoms with E-state index in [1.807, 2.05) is 6.92 Å². The molecule has 0 aliphatic rings. The van der Waals surface area contributed by atoms with Gasteiger partial charge in [-0.3, -0.25) is 13.7 Å². The lowest BCUT2D eigenvalue weighted by Crippen LogP contribution is -2.09. The van der Waals surface area contributed by atoms with Crippen LogP contribution < -0.4 is 14.8 Å². The van der Waals surface area contributed by atoms with Crippen LogP contribution in [0.1, 0.15) is 28.7 Å². The maximum absolute atomic E-state index is 12.6. The fourth-order valence-corrected chi connectivity index (χ4v) is 8.83. The Morgan fingerprint density at radius 1 is 0.529 bits per heavy atom. The molecule has 0 spiro atoms. The second-order valence-corrected chi connectivity index (χ2v) is 19.9. The first kappa shape index (κ1) is 48.7. The number of benzene rings is 7. The van der Waals surface area contributed by atoms with Gasteiger partial charge in [0.2, 0.25) is 0 Å². The minimum Gasteiger partial charge on any atom is -0.505 e. The molecule has 0 saturated heterocycles. The van der Waals surface area contributed by atoms with Crippen molar-refractivity contribution in [3.05, 3.63) is 125 Å². The Morgan fingerprint density at radius 3 is 1.62 bits per heavy atom. The lowest BCUT2D eigenvalue weighted by atomic mass is 10.1. The van der Waals surface area contributed by atoms with E-state index < -0.39 is 57.3 Å². The standard InChI is InChI=1S/C46H43N7O12S3/c1-26-18-40(27(2)17-39(26)49-48-34-8-7-30-22-36(65-15-6-16-66(55,56)57)25-43(38(30)24-34)67(58,59)60)50-51-41-19-29(4)42(20-28(41)3)52-53-45-44(68(61,62)63)23-31-21-33(11-14-37(31)46(45)54)47-32-9-12-35(64-5)13-10-32/h7-14,17-25,47,54H,6,15-16H2,1-5H3,(H,55,56,57)(H,58,59,60)(H,61,62,63). The lowest BCUT2D eigenvalue weighted by Gasteiger charge is -2.12. The Labute approximate surface area is 391 Å². The lowest BCUT2D eigenvalue weighted by molar-refractivity contribution is 0.315. The van der Waals surface area contributed by atoms with Gasteiger partial charge in [-0.15, -0.1) is 5.11 Å². The summed E-state index contributed by atoms with van der Waals surface area (Å²) < 4.78 is 112. The van der Waals surface area contributed by atoms with Crippen LogP contribution in [-0.2, 0) is 30.4 Å². The smallest absolute Gasteiger partial charge is 0.296 e.